The molecule has 0 amide bonds. The molecule has 1 unspecified atom stereocenters. The van der Waals surface area contributed by atoms with E-state index in [0.29, 0.717) is 19.3 Å². The quantitative estimate of drug-likeness (QED) is 0.0199. The van der Waals surface area contributed by atoms with Crippen LogP contribution in [0.1, 0.15) is 278 Å². The van der Waals surface area contributed by atoms with E-state index in [1.807, 2.05) is 0 Å². The summed E-state index contributed by atoms with van der Waals surface area (Å²) in [5, 5.41) is 0. The Hall–Kier alpha value is -2.89. The first-order chi connectivity index (χ1) is 32.0. The zero-order chi connectivity index (χ0) is 47.2. The summed E-state index contributed by atoms with van der Waals surface area (Å²) in [5.74, 6) is -0.915. The highest BCUT2D eigenvalue weighted by molar-refractivity contribution is 5.71. The minimum Gasteiger partial charge on any atom is -0.462 e. The summed E-state index contributed by atoms with van der Waals surface area (Å²) in [6, 6.07) is 0. The molecule has 1 atom stereocenters. The van der Waals surface area contributed by atoms with Gasteiger partial charge < -0.3 is 14.2 Å². The standard InChI is InChI=1S/C59H104O6/c1-4-7-10-13-16-19-22-25-28-29-30-32-34-37-40-43-46-49-52-58(61)64-55-56(54-63-57(60)51-48-45-42-39-36-33-27-24-21-18-15-12-9-6-3)65-59(62)53-50-47-44-41-38-35-31-26-23-20-17-14-11-8-5-2/h8,11,14,17,20,23,30,32-33,36,56H,4-7,9-10,12-13,15-16,18-19,21-22,24-29,31,34-35,37-55H2,1-3H3/b11-8-,17-14-,23-20-,32-30-,36-33-. The first-order valence-corrected chi connectivity index (χ1v) is 27.8. The molecule has 0 aliphatic heterocycles. The molecule has 0 aliphatic rings. The predicted molar refractivity (Wildman–Crippen MR) is 279 cm³/mol. The van der Waals surface area contributed by atoms with Crippen molar-refractivity contribution in [1.82, 2.24) is 0 Å². The first-order valence-electron chi connectivity index (χ1n) is 27.8. The molecule has 0 aliphatic carbocycles. The predicted octanol–water partition coefficient (Wildman–Crippen LogP) is 18.4. The van der Waals surface area contributed by atoms with E-state index in [1.54, 1.807) is 0 Å². The number of carbonyl (C=O) groups is 3. The molecule has 0 aromatic heterocycles. The topological polar surface area (TPSA) is 78.9 Å². The van der Waals surface area contributed by atoms with Crippen molar-refractivity contribution in [3.8, 4) is 0 Å². The van der Waals surface area contributed by atoms with Gasteiger partial charge in [-0.3, -0.25) is 14.4 Å². The monoisotopic (exact) mass is 909 g/mol. The maximum Gasteiger partial charge on any atom is 0.306 e. The Balaban J connectivity index is 4.40. The van der Waals surface area contributed by atoms with Gasteiger partial charge in [0.05, 0.1) is 0 Å². The summed E-state index contributed by atoms with van der Waals surface area (Å²) in [6.07, 6.45) is 66.4. The maximum atomic E-state index is 12.8. The van der Waals surface area contributed by atoms with Gasteiger partial charge in [-0.1, -0.05) is 229 Å². The van der Waals surface area contributed by atoms with Gasteiger partial charge in [-0.15, -0.1) is 0 Å². The summed E-state index contributed by atoms with van der Waals surface area (Å²) in [4.78, 5) is 38.1. The first kappa shape index (κ1) is 62.1. The zero-order valence-corrected chi connectivity index (χ0v) is 43.0. The number of hydrogen-bond donors (Lipinski definition) is 0. The van der Waals surface area contributed by atoms with E-state index in [4.69, 9.17) is 14.2 Å². The zero-order valence-electron chi connectivity index (χ0n) is 43.0. The summed E-state index contributed by atoms with van der Waals surface area (Å²) in [6.45, 7) is 6.49. The third kappa shape index (κ3) is 51.9. The van der Waals surface area contributed by atoms with Crippen LogP contribution in [0.25, 0.3) is 0 Å². The summed E-state index contributed by atoms with van der Waals surface area (Å²) in [5.41, 5.74) is 0. The second kappa shape index (κ2) is 53.7. The van der Waals surface area contributed by atoms with Crippen LogP contribution in [0.2, 0.25) is 0 Å². The van der Waals surface area contributed by atoms with Crippen molar-refractivity contribution >= 4 is 17.9 Å². The van der Waals surface area contributed by atoms with Crippen LogP contribution in [-0.4, -0.2) is 37.2 Å². The van der Waals surface area contributed by atoms with Crippen LogP contribution in [0.5, 0.6) is 0 Å². The molecule has 0 spiro atoms. The van der Waals surface area contributed by atoms with Gasteiger partial charge in [-0.05, 0) is 89.9 Å². The van der Waals surface area contributed by atoms with E-state index in [-0.39, 0.29) is 31.1 Å². The average molecular weight is 909 g/mol. The highest BCUT2D eigenvalue weighted by atomic mass is 16.6. The molecule has 0 N–H and O–H groups in total. The van der Waals surface area contributed by atoms with Gasteiger partial charge in [0.25, 0.3) is 0 Å². The van der Waals surface area contributed by atoms with Gasteiger partial charge in [0.1, 0.15) is 13.2 Å². The third-order valence-corrected chi connectivity index (χ3v) is 12.0. The third-order valence-electron chi connectivity index (χ3n) is 12.0. The fraction of sp³-hybridized carbons (Fsp3) is 0.780. The molecule has 0 rings (SSSR count). The molecule has 0 aromatic carbocycles. The average Bonchev–Trinajstić information content (AvgIpc) is 3.30. The van der Waals surface area contributed by atoms with E-state index in [0.717, 1.165) is 89.9 Å². The molecule has 0 aromatic rings. The summed E-state index contributed by atoms with van der Waals surface area (Å²) >= 11 is 0. The number of rotatable bonds is 50. The second-order valence-electron chi connectivity index (χ2n) is 18.5. The Bertz CT molecular complexity index is 1180. The number of carbonyl (C=O) groups excluding carboxylic acids is 3. The lowest BCUT2D eigenvalue weighted by molar-refractivity contribution is -0.167. The minimum atomic E-state index is -0.789. The van der Waals surface area contributed by atoms with Gasteiger partial charge >= 0.3 is 17.9 Å². The lowest BCUT2D eigenvalue weighted by Gasteiger charge is -2.18. The van der Waals surface area contributed by atoms with Crippen molar-refractivity contribution in [3.05, 3.63) is 60.8 Å². The molecule has 0 saturated heterocycles. The maximum absolute atomic E-state index is 12.8. The lowest BCUT2D eigenvalue weighted by Crippen LogP contribution is -2.30. The number of allylic oxidation sites excluding steroid dienone is 10. The van der Waals surface area contributed by atoms with Crippen LogP contribution in [-0.2, 0) is 28.6 Å². The molecule has 65 heavy (non-hydrogen) atoms. The van der Waals surface area contributed by atoms with Crippen molar-refractivity contribution in [1.29, 1.82) is 0 Å². The van der Waals surface area contributed by atoms with E-state index in [9.17, 15) is 14.4 Å². The Labute approximate surface area is 402 Å². The molecular formula is C59H104O6. The van der Waals surface area contributed by atoms with Crippen LogP contribution in [0.3, 0.4) is 0 Å². The molecule has 376 valence electrons. The SMILES string of the molecule is CC\C=C/C=C\C=C/CCCCCCCCCC(=O)OC(COC(=O)CCCCC/C=C\CCCCCCCCC)COC(=O)CCCCCCC/C=C\CCCCCCCCCCC. The van der Waals surface area contributed by atoms with Crippen LogP contribution in [0.4, 0.5) is 0 Å². The minimum absolute atomic E-state index is 0.0875. The van der Waals surface area contributed by atoms with E-state index >= 15 is 0 Å². The molecule has 6 nitrogen and oxygen atoms in total. The molecule has 0 saturated carbocycles. The van der Waals surface area contributed by atoms with Crippen molar-refractivity contribution < 1.29 is 28.6 Å². The Morgan fingerprint density at radius 1 is 0.323 bits per heavy atom. The number of ether oxygens (including phenoxy) is 3. The fourth-order valence-corrected chi connectivity index (χ4v) is 7.84. The van der Waals surface area contributed by atoms with E-state index < -0.39 is 6.10 Å². The largest absolute Gasteiger partial charge is 0.462 e. The van der Waals surface area contributed by atoms with E-state index in [2.05, 4.69) is 81.5 Å². The van der Waals surface area contributed by atoms with E-state index in [1.165, 1.54) is 148 Å². The summed E-state index contributed by atoms with van der Waals surface area (Å²) < 4.78 is 16.8. The number of esters is 3. The summed E-state index contributed by atoms with van der Waals surface area (Å²) in [7, 11) is 0. The second-order valence-corrected chi connectivity index (χ2v) is 18.5. The van der Waals surface area contributed by atoms with Crippen molar-refractivity contribution in [2.75, 3.05) is 13.2 Å². The smallest absolute Gasteiger partial charge is 0.306 e. The van der Waals surface area contributed by atoms with Gasteiger partial charge in [0.15, 0.2) is 6.10 Å². The van der Waals surface area contributed by atoms with Gasteiger partial charge in [0.2, 0.25) is 0 Å². The normalized spacial score (nSPS) is 12.5. The van der Waals surface area contributed by atoms with Crippen molar-refractivity contribution in [3.63, 3.8) is 0 Å². The van der Waals surface area contributed by atoms with Crippen LogP contribution >= 0.6 is 0 Å². The highest BCUT2D eigenvalue weighted by Crippen LogP contribution is 2.15. The Kier molecular flexibility index (Phi) is 51.3. The number of hydrogen-bond acceptors (Lipinski definition) is 6. The molecule has 0 fully saturated rings. The van der Waals surface area contributed by atoms with Crippen molar-refractivity contribution in [2.24, 2.45) is 0 Å². The van der Waals surface area contributed by atoms with Crippen LogP contribution in [0, 0.1) is 0 Å². The van der Waals surface area contributed by atoms with Crippen LogP contribution in [0.15, 0.2) is 60.8 Å². The van der Waals surface area contributed by atoms with Gasteiger partial charge in [-0.25, -0.2) is 0 Å². The van der Waals surface area contributed by atoms with Crippen molar-refractivity contribution in [2.45, 2.75) is 284 Å². The molecule has 0 radical (unpaired) electrons. The number of unbranched alkanes of at least 4 members (excludes halogenated alkanes) is 31. The van der Waals surface area contributed by atoms with Crippen LogP contribution < -0.4 is 0 Å². The Morgan fingerprint density at radius 2 is 0.615 bits per heavy atom. The molecule has 0 heterocycles. The molecule has 0 bridgehead atoms. The Morgan fingerprint density at radius 3 is 0.985 bits per heavy atom. The van der Waals surface area contributed by atoms with Gasteiger partial charge in [0, 0.05) is 19.3 Å². The van der Waals surface area contributed by atoms with Gasteiger partial charge in [-0.2, -0.15) is 0 Å². The molecular weight excluding hydrogens is 805 g/mol. The molecule has 6 heteroatoms. The lowest BCUT2D eigenvalue weighted by atomic mass is 10.1. The fourth-order valence-electron chi connectivity index (χ4n) is 7.84. The highest BCUT2D eigenvalue weighted by Gasteiger charge is 2.19.